The van der Waals surface area contributed by atoms with Crippen LogP contribution in [0, 0.1) is 0 Å². The van der Waals surface area contributed by atoms with E-state index in [4.69, 9.17) is 0 Å². The van der Waals surface area contributed by atoms with E-state index in [0.717, 1.165) is 12.1 Å². The van der Waals surface area contributed by atoms with Crippen molar-refractivity contribution in [2.45, 2.75) is 38.3 Å². The standard InChI is InChI=1S/C13H15F6NO/c1-9(20-8-2-7-12(14,15)16)10-3-5-11(6-4-10)21-13(17,18)19/h3-6,9,20H,2,7-8H2,1H3. The minimum absolute atomic E-state index is 0.0525. The van der Waals surface area contributed by atoms with Gasteiger partial charge in [0.25, 0.3) is 0 Å². The Morgan fingerprint density at radius 2 is 1.62 bits per heavy atom. The molecule has 0 aliphatic rings. The lowest BCUT2D eigenvalue weighted by Gasteiger charge is -2.15. The van der Waals surface area contributed by atoms with Crippen LogP contribution in [-0.4, -0.2) is 19.1 Å². The highest BCUT2D eigenvalue weighted by molar-refractivity contribution is 5.29. The zero-order chi connectivity index (χ0) is 16.1. The van der Waals surface area contributed by atoms with Gasteiger partial charge < -0.3 is 10.1 Å². The van der Waals surface area contributed by atoms with Crippen LogP contribution in [0.15, 0.2) is 24.3 Å². The molecular weight excluding hydrogens is 300 g/mol. The quantitative estimate of drug-likeness (QED) is 0.613. The van der Waals surface area contributed by atoms with Crippen LogP contribution >= 0.6 is 0 Å². The normalized spacial score (nSPS) is 14.0. The molecule has 1 rings (SSSR count). The number of hydrogen-bond acceptors (Lipinski definition) is 2. The van der Waals surface area contributed by atoms with Gasteiger partial charge >= 0.3 is 12.5 Å². The van der Waals surface area contributed by atoms with Crippen molar-refractivity contribution in [2.75, 3.05) is 6.54 Å². The van der Waals surface area contributed by atoms with Gasteiger partial charge in [-0.1, -0.05) is 12.1 Å². The molecule has 0 fully saturated rings. The average Bonchev–Trinajstić information content (AvgIpc) is 2.32. The minimum atomic E-state index is -4.75. The van der Waals surface area contributed by atoms with Crippen molar-refractivity contribution in [1.82, 2.24) is 5.32 Å². The molecule has 1 aromatic carbocycles. The Kier molecular flexibility index (Phi) is 5.88. The maximum Gasteiger partial charge on any atom is 0.573 e. The summed E-state index contributed by atoms with van der Waals surface area (Å²) in [6, 6.07) is 4.93. The molecule has 120 valence electrons. The van der Waals surface area contributed by atoms with Gasteiger partial charge in [-0.05, 0) is 37.6 Å². The largest absolute Gasteiger partial charge is 0.573 e. The summed E-state index contributed by atoms with van der Waals surface area (Å²) in [6.07, 6.45) is -9.85. The van der Waals surface area contributed by atoms with Crippen LogP contribution in [0.5, 0.6) is 5.75 Å². The summed E-state index contributed by atoms with van der Waals surface area (Å²) in [6.45, 7) is 1.88. The van der Waals surface area contributed by atoms with Gasteiger partial charge in [-0.15, -0.1) is 13.2 Å². The van der Waals surface area contributed by atoms with Crippen molar-refractivity contribution in [3.05, 3.63) is 29.8 Å². The highest BCUT2D eigenvalue weighted by atomic mass is 19.4. The van der Waals surface area contributed by atoms with Crippen molar-refractivity contribution in [1.29, 1.82) is 0 Å². The summed E-state index contributed by atoms with van der Waals surface area (Å²) in [5.74, 6) is -0.337. The van der Waals surface area contributed by atoms with Crippen molar-refractivity contribution in [3.8, 4) is 5.75 Å². The molecule has 0 spiro atoms. The number of rotatable bonds is 6. The fourth-order valence-electron chi connectivity index (χ4n) is 1.68. The van der Waals surface area contributed by atoms with Gasteiger partial charge in [-0.3, -0.25) is 0 Å². The maximum absolute atomic E-state index is 12.0. The van der Waals surface area contributed by atoms with Crippen LogP contribution in [0.4, 0.5) is 26.3 Å². The molecule has 0 aromatic heterocycles. The van der Waals surface area contributed by atoms with Crippen molar-refractivity contribution in [2.24, 2.45) is 0 Å². The van der Waals surface area contributed by atoms with E-state index < -0.39 is 19.0 Å². The van der Waals surface area contributed by atoms with Crippen molar-refractivity contribution < 1.29 is 31.1 Å². The van der Waals surface area contributed by atoms with Crippen molar-refractivity contribution in [3.63, 3.8) is 0 Å². The molecule has 0 aliphatic heterocycles. The Morgan fingerprint density at radius 3 is 2.10 bits per heavy atom. The minimum Gasteiger partial charge on any atom is -0.406 e. The fraction of sp³-hybridized carbons (Fsp3) is 0.538. The van der Waals surface area contributed by atoms with Crippen molar-refractivity contribution >= 4 is 0 Å². The molecule has 0 saturated heterocycles. The van der Waals surface area contributed by atoms with Crippen LogP contribution in [0.25, 0.3) is 0 Å². The molecular formula is C13H15F6NO. The molecule has 21 heavy (non-hydrogen) atoms. The number of halogens is 6. The molecule has 1 aromatic rings. The van der Waals surface area contributed by atoms with E-state index in [9.17, 15) is 26.3 Å². The Bertz CT molecular complexity index is 426. The lowest BCUT2D eigenvalue weighted by Crippen LogP contribution is -2.21. The molecule has 0 bridgehead atoms. The molecule has 1 unspecified atom stereocenters. The SMILES string of the molecule is CC(NCCCC(F)(F)F)c1ccc(OC(F)(F)F)cc1. The Balaban J connectivity index is 2.43. The van der Waals surface area contributed by atoms with E-state index >= 15 is 0 Å². The van der Waals surface area contributed by atoms with E-state index in [1.165, 1.54) is 12.1 Å². The topological polar surface area (TPSA) is 21.3 Å². The van der Waals surface area contributed by atoms with Gasteiger partial charge in [-0.25, -0.2) is 0 Å². The number of nitrogens with one attached hydrogen (secondary N) is 1. The molecule has 0 saturated carbocycles. The van der Waals surface area contributed by atoms with Gasteiger partial charge in [-0.2, -0.15) is 13.2 Å². The van der Waals surface area contributed by atoms with Crippen LogP contribution in [0.3, 0.4) is 0 Å². The lowest BCUT2D eigenvalue weighted by atomic mass is 10.1. The second-order valence-electron chi connectivity index (χ2n) is 4.51. The summed E-state index contributed by atoms with van der Waals surface area (Å²) in [7, 11) is 0. The summed E-state index contributed by atoms with van der Waals surface area (Å²) in [4.78, 5) is 0. The molecule has 0 amide bonds. The number of alkyl halides is 6. The summed E-state index contributed by atoms with van der Waals surface area (Å²) in [5.41, 5.74) is 0.663. The molecule has 0 heterocycles. The third kappa shape index (κ3) is 7.79. The Morgan fingerprint density at radius 1 is 1.05 bits per heavy atom. The molecule has 1 atom stereocenters. The third-order valence-corrected chi connectivity index (χ3v) is 2.70. The van der Waals surface area contributed by atoms with Gasteiger partial charge in [0.1, 0.15) is 5.75 Å². The first-order valence-corrected chi connectivity index (χ1v) is 6.23. The summed E-state index contributed by atoms with van der Waals surface area (Å²) in [5, 5.41) is 2.88. The average molecular weight is 315 g/mol. The molecule has 0 radical (unpaired) electrons. The second kappa shape index (κ2) is 7.02. The van der Waals surface area contributed by atoms with E-state index in [1.807, 2.05) is 0 Å². The summed E-state index contributed by atoms with van der Waals surface area (Å²) >= 11 is 0. The maximum atomic E-state index is 12.0. The molecule has 8 heteroatoms. The van der Waals surface area contributed by atoms with E-state index in [2.05, 4.69) is 10.1 Å². The molecule has 2 nitrogen and oxygen atoms in total. The van der Waals surface area contributed by atoms with E-state index in [0.29, 0.717) is 5.56 Å². The number of benzene rings is 1. The molecule has 0 aliphatic carbocycles. The van der Waals surface area contributed by atoms with Gasteiger partial charge in [0.05, 0.1) is 0 Å². The summed E-state index contributed by atoms with van der Waals surface area (Å²) < 4.78 is 75.5. The van der Waals surface area contributed by atoms with Crippen LogP contribution in [0.2, 0.25) is 0 Å². The zero-order valence-corrected chi connectivity index (χ0v) is 11.2. The van der Waals surface area contributed by atoms with Gasteiger partial charge in [0.2, 0.25) is 0 Å². The lowest BCUT2D eigenvalue weighted by molar-refractivity contribution is -0.274. The Hall–Kier alpha value is -1.44. The third-order valence-electron chi connectivity index (χ3n) is 2.70. The monoisotopic (exact) mass is 315 g/mol. The van der Waals surface area contributed by atoms with Gasteiger partial charge in [0.15, 0.2) is 0 Å². The van der Waals surface area contributed by atoms with E-state index in [1.54, 1.807) is 6.92 Å². The highest BCUT2D eigenvalue weighted by Crippen LogP contribution is 2.24. The first kappa shape index (κ1) is 17.6. The number of hydrogen-bond donors (Lipinski definition) is 1. The predicted molar refractivity (Wildman–Crippen MR) is 64.8 cm³/mol. The van der Waals surface area contributed by atoms with Crippen LogP contribution < -0.4 is 10.1 Å². The zero-order valence-electron chi connectivity index (χ0n) is 11.2. The fourth-order valence-corrected chi connectivity index (χ4v) is 1.68. The first-order valence-electron chi connectivity index (χ1n) is 6.23. The molecule has 1 N–H and O–H groups in total. The van der Waals surface area contributed by atoms with Crippen LogP contribution in [0.1, 0.15) is 31.4 Å². The highest BCUT2D eigenvalue weighted by Gasteiger charge is 2.31. The first-order chi connectivity index (χ1) is 9.57. The second-order valence-corrected chi connectivity index (χ2v) is 4.51. The smallest absolute Gasteiger partial charge is 0.406 e. The van der Waals surface area contributed by atoms with Crippen LogP contribution in [-0.2, 0) is 0 Å². The number of ether oxygens (including phenoxy) is 1. The Labute approximate surface area is 118 Å². The predicted octanol–water partition coefficient (Wildman–Crippen LogP) is 4.58. The van der Waals surface area contributed by atoms with E-state index in [-0.39, 0.29) is 24.8 Å². The van der Waals surface area contributed by atoms with Gasteiger partial charge in [0, 0.05) is 12.5 Å².